The molecule has 11 heavy (non-hydrogen) atoms. The molecule has 0 unspecified atom stereocenters. The molecule has 2 heterocycles. The molecule has 2 rings (SSSR count). The molecule has 0 atom stereocenters. The Bertz CT molecular complexity index is 396. The quantitative estimate of drug-likeness (QED) is 0.499. The molecule has 6 heteroatoms. The fourth-order valence-corrected chi connectivity index (χ4v) is 1.25. The second-order valence-corrected chi connectivity index (χ2v) is 2.64. The SMILES string of the molecule is Clc1nc(Cl)c2[nH]c[nH+]c2n1. The van der Waals surface area contributed by atoms with Crippen LogP contribution in [0.3, 0.4) is 0 Å². The molecule has 4 nitrogen and oxygen atoms in total. The van der Waals surface area contributed by atoms with Gasteiger partial charge in [-0.25, -0.2) is 4.98 Å². The topological polar surface area (TPSA) is 55.7 Å². The van der Waals surface area contributed by atoms with Crippen molar-refractivity contribution in [3.63, 3.8) is 0 Å². The van der Waals surface area contributed by atoms with Crippen molar-refractivity contribution >= 4 is 34.4 Å². The first-order valence-corrected chi connectivity index (χ1v) is 3.61. The number of imidazole rings is 1. The Morgan fingerprint density at radius 3 is 3.00 bits per heavy atom. The number of nitrogens with zero attached hydrogens (tertiary/aromatic N) is 2. The molecule has 0 aliphatic carbocycles. The normalized spacial score (nSPS) is 10.7. The number of nitrogens with one attached hydrogen (secondary N) is 2. The Kier molecular flexibility index (Phi) is 1.44. The van der Waals surface area contributed by atoms with Gasteiger partial charge >= 0.3 is 10.9 Å². The Morgan fingerprint density at radius 1 is 1.36 bits per heavy atom. The smallest absolute Gasteiger partial charge is 0.271 e. The largest absolute Gasteiger partial charge is 0.305 e. The summed E-state index contributed by atoms with van der Waals surface area (Å²) in [7, 11) is 0. The molecule has 0 saturated carbocycles. The minimum atomic E-state index is 0.137. The van der Waals surface area contributed by atoms with Crippen LogP contribution in [0.2, 0.25) is 10.4 Å². The summed E-state index contributed by atoms with van der Waals surface area (Å²) >= 11 is 11.3. The number of rotatable bonds is 0. The summed E-state index contributed by atoms with van der Waals surface area (Å²) in [5.74, 6) is 0. The molecular formula is C5H3Cl2N4+. The Hall–Kier alpha value is -0.870. The molecule has 0 spiro atoms. The van der Waals surface area contributed by atoms with Crippen molar-refractivity contribution < 1.29 is 4.98 Å². The van der Waals surface area contributed by atoms with Crippen LogP contribution in [0.15, 0.2) is 6.33 Å². The molecular weight excluding hydrogens is 187 g/mol. The van der Waals surface area contributed by atoms with Crippen LogP contribution in [-0.4, -0.2) is 15.0 Å². The third kappa shape index (κ3) is 1.04. The van der Waals surface area contributed by atoms with Crippen molar-refractivity contribution in [1.29, 1.82) is 0 Å². The summed E-state index contributed by atoms with van der Waals surface area (Å²) in [5, 5.41) is 0.458. The predicted octanol–water partition coefficient (Wildman–Crippen LogP) is 1.08. The second kappa shape index (κ2) is 2.32. The molecule has 2 N–H and O–H groups in total. The first-order chi connectivity index (χ1) is 5.27. The molecule has 56 valence electrons. The summed E-state index contributed by atoms with van der Waals surface area (Å²) in [6.45, 7) is 0. The van der Waals surface area contributed by atoms with Gasteiger partial charge in [0.25, 0.3) is 0 Å². The number of H-pyrrole nitrogens is 2. The predicted molar refractivity (Wildman–Crippen MR) is 40.5 cm³/mol. The van der Waals surface area contributed by atoms with Crippen molar-refractivity contribution in [1.82, 2.24) is 15.0 Å². The fraction of sp³-hybridized carbons (Fsp3) is 0. The van der Waals surface area contributed by atoms with Gasteiger partial charge in [-0.1, -0.05) is 16.6 Å². The first-order valence-electron chi connectivity index (χ1n) is 2.85. The van der Waals surface area contributed by atoms with E-state index in [-0.39, 0.29) is 5.28 Å². The van der Waals surface area contributed by atoms with Gasteiger partial charge in [0.05, 0.1) is 0 Å². The van der Waals surface area contributed by atoms with Crippen molar-refractivity contribution in [2.24, 2.45) is 0 Å². The molecule has 0 aromatic carbocycles. The Morgan fingerprint density at radius 2 is 2.18 bits per heavy atom. The van der Waals surface area contributed by atoms with Crippen molar-refractivity contribution in [3.8, 4) is 0 Å². The van der Waals surface area contributed by atoms with Crippen LogP contribution in [-0.2, 0) is 0 Å². The van der Waals surface area contributed by atoms with Gasteiger partial charge in [-0.05, 0) is 11.6 Å². The van der Waals surface area contributed by atoms with Gasteiger partial charge in [0.15, 0.2) is 11.5 Å². The molecule has 0 aliphatic rings. The van der Waals surface area contributed by atoms with Gasteiger partial charge in [-0.2, -0.15) is 4.98 Å². The maximum absolute atomic E-state index is 5.72. The average Bonchev–Trinajstić information content (AvgIpc) is 2.34. The number of fused-ring (bicyclic) bond motifs is 1. The lowest BCUT2D eigenvalue weighted by molar-refractivity contribution is -0.347. The van der Waals surface area contributed by atoms with Crippen LogP contribution in [0.4, 0.5) is 0 Å². The molecule has 0 aliphatic heterocycles. The monoisotopic (exact) mass is 189 g/mol. The van der Waals surface area contributed by atoms with Crippen LogP contribution in [0.1, 0.15) is 0 Å². The zero-order chi connectivity index (χ0) is 7.84. The van der Waals surface area contributed by atoms with Gasteiger partial charge in [-0.3, -0.25) is 4.98 Å². The highest BCUT2D eigenvalue weighted by Gasteiger charge is 2.11. The lowest BCUT2D eigenvalue weighted by Gasteiger charge is -1.84. The van der Waals surface area contributed by atoms with Gasteiger partial charge in [0.1, 0.15) is 0 Å². The van der Waals surface area contributed by atoms with E-state index in [0.29, 0.717) is 16.3 Å². The van der Waals surface area contributed by atoms with Crippen molar-refractivity contribution in [2.75, 3.05) is 0 Å². The Balaban J connectivity index is 2.91. The van der Waals surface area contributed by atoms with Gasteiger partial charge < -0.3 is 0 Å². The average molecular weight is 190 g/mol. The molecule has 0 radical (unpaired) electrons. The second-order valence-electron chi connectivity index (χ2n) is 1.94. The molecule has 0 saturated heterocycles. The van der Waals surface area contributed by atoms with E-state index in [9.17, 15) is 0 Å². The lowest BCUT2D eigenvalue weighted by Crippen LogP contribution is -1.98. The number of aromatic amines is 2. The summed E-state index contributed by atoms with van der Waals surface area (Å²) in [5.41, 5.74) is 1.27. The molecule has 0 fully saturated rings. The van der Waals surface area contributed by atoms with E-state index in [1.807, 2.05) is 0 Å². The number of hydrogen-bond acceptors (Lipinski definition) is 2. The summed E-state index contributed by atoms with van der Waals surface area (Å²) < 4.78 is 0. The molecule has 2 aromatic rings. The van der Waals surface area contributed by atoms with Crippen LogP contribution in [0.5, 0.6) is 0 Å². The van der Waals surface area contributed by atoms with Crippen molar-refractivity contribution in [3.05, 3.63) is 16.8 Å². The highest BCUT2D eigenvalue weighted by molar-refractivity contribution is 6.35. The fourth-order valence-electron chi connectivity index (χ4n) is 0.817. The van der Waals surface area contributed by atoms with E-state index < -0.39 is 0 Å². The summed E-state index contributed by atoms with van der Waals surface area (Å²) in [6.07, 6.45) is 1.61. The van der Waals surface area contributed by atoms with Gasteiger partial charge in [0.2, 0.25) is 5.52 Å². The van der Waals surface area contributed by atoms with Crippen LogP contribution >= 0.6 is 23.2 Å². The van der Waals surface area contributed by atoms with E-state index in [4.69, 9.17) is 23.2 Å². The van der Waals surface area contributed by atoms with Crippen molar-refractivity contribution in [2.45, 2.75) is 0 Å². The van der Waals surface area contributed by atoms with E-state index in [0.717, 1.165) is 0 Å². The van der Waals surface area contributed by atoms with E-state index in [1.54, 1.807) is 6.33 Å². The van der Waals surface area contributed by atoms with Gasteiger partial charge in [-0.15, -0.1) is 0 Å². The first kappa shape index (κ1) is 6.82. The molecule has 0 amide bonds. The standard InChI is InChI=1S/C5H2Cl2N4/c6-3-2-4(9-1-8-2)11-5(7)10-3/h1H,(H,8,9,10,11)/p+1. The van der Waals surface area contributed by atoms with Crippen LogP contribution < -0.4 is 4.98 Å². The third-order valence-corrected chi connectivity index (χ3v) is 1.71. The summed E-state index contributed by atoms with van der Waals surface area (Å²) in [4.78, 5) is 13.3. The zero-order valence-electron chi connectivity index (χ0n) is 5.23. The van der Waals surface area contributed by atoms with E-state index in [1.165, 1.54) is 0 Å². The van der Waals surface area contributed by atoms with Gasteiger partial charge in [0, 0.05) is 0 Å². The minimum Gasteiger partial charge on any atom is -0.271 e. The highest BCUT2D eigenvalue weighted by atomic mass is 35.5. The Labute approximate surface area is 71.6 Å². The number of hydrogen-bond donors (Lipinski definition) is 1. The molecule has 0 bridgehead atoms. The summed E-state index contributed by atoms with van der Waals surface area (Å²) in [6, 6.07) is 0. The lowest BCUT2D eigenvalue weighted by atomic mass is 10.6. The maximum Gasteiger partial charge on any atom is 0.305 e. The van der Waals surface area contributed by atoms with Crippen LogP contribution in [0.25, 0.3) is 11.2 Å². The third-order valence-electron chi connectivity index (χ3n) is 1.26. The van der Waals surface area contributed by atoms with E-state index >= 15 is 0 Å². The molecule has 2 aromatic heterocycles. The minimum absolute atomic E-state index is 0.137. The highest BCUT2D eigenvalue weighted by Crippen LogP contribution is 2.15. The van der Waals surface area contributed by atoms with Crippen LogP contribution in [0, 0.1) is 0 Å². The number of aromatic nitrogens is 4. The number of halogens is 2. The maximum atomic E-state index is 5.72. The zero-order valence-corrected chi connectivity index (χ0v) is 6.74. The van der Waals surface area contributed by atoms with E-state index in [2.05, 4.69) is 19.9 Å².